The van der Waals surface area contributed by atoms with Gasteiger partial charge in [0.05, 0.1) is 35.1 Å². The van der Waals surface area contributed by atoms with Crippen molar-refractivity contribution in [3.63, 3.8) is 0 Å². The van der Waals surface area contributed by atoms with Gasteiger partial charge in [0, 0.05) is 11.6 Å². The first-order chi connectivity index (χ1) is 13.1. The number of pyridine rings is 1. The van der Waals surface area contributed by atoms with Gasteiger partial charge in [-0.2, -0.15) is 17.9 Å². The zero-order valence-electron chi connectivity index (χ0n) is 13.8. The topological polar surface area (TPSA) is 89.6 Å². The molecule has 0 fully saturated rings. The number of halogens is 5. The molecular weight excluding hydrogens is 424 g/mol. The first-order valence-corrected chi connectivity index (χ1v) is 8.14. The van der Waals surface area contributed by atoms with Crippen molar-refractivity contribution in [2.75, 3.05) is 7.11 Å². The van der Waals surface area contributed by atoms with E-state index >= 15 is 0 Å². The normalized spacial score (nSPS) is 11.5. The minimum atomic E-state index is -4.77. The van der Waals surface area contributed by atoms with Crippen LogP contribution in [0, 0.1) is 0 Å². The molecular formula is C16H9Cl2F3N4O3. The van der Waals surface area contributed by atoms with Gasteiger partial charge in [0.1, 0.15) is 16.6 Å². The summed E-state index contributed by atoms with van der Waals surface area (Å²) in [6.07, 6.45) is -1.78. The van der Waals surface area contributed by atoms with Crippen molar-refractivity contribution < 1.29 is 27.9 Å². The number of rotatable bonds is 2. The lowest BCUT2D eigenvalue weighted by Gasteiger charge is -2.10. The van der Waals surface area contributed by atoms with Gasteiger partial charge in [0.2, 0.25) is 5.82 Å². The molecule has 3 aromatic rings. The van der Waals surface area contributed by atoms with Gasteiger partial charge >= 0.3 is 6.18 Å². The minimum absolute atomic E-state index is 0.00139. The van der Waals surface area contributed by atoms with Crippen LogP contribution in [-0.2, 0) is 6.18 Å². The summed E-state index contributed by atoms with van der Waals surface area (Å²) in [7, 11) is 1.25. The highest BCUT2D eigenvalue weighted by molar-refractivity contribution is 6.34. The maximum absolute atomic E-state index is 12.9. The molecule has 3 rings (SSSR count). The van der Waals surface area contributed by atoms with E-state index in [2.05, 4.69) is 15.0 Å². The lowest BCUT2D eigenvalue weighted by Crippen LogP contribution is -2.14. The molecule has 0 aliphatic heterocycles. The molecule has 0 aliphatic carbocycles. The number of aromatic nitrogens is 3. The van der Waals surface area contributed by atoms with Gasteiger partial charge in [-0.15, -0.1) is 0 Å². The van der Waals surface area contributed by atoms with Gasteiger partial charge < -0.3 is 9.94 Å². The predicted molar refractivity (Wildman–Crippen MR) is 92.6 cm³/mol. The number of carbonyl (C=O) groups is 1. The molecule has 12 heteroatoms. The summed E-state index contributed by atoms with van der Waals surface area (Å²) in [5, 5.41) is 9.02. The summed E-state index contributed by atoms with van der Waals surface area (Å²) in [4.78, 5) is 23.2. The van der Waals surface area contributed by atoms with Crippen LogP contribution in [0.25, 0.3) is 10.9 Å². The van der Waals surface area contributed by atoms with E-state index in [4.69, 9.17) is 27.9 Å². The van der Waals surface area contributed by atoms with E-state index in [1.165, 1.54) is 19.2 Å². The number of hydrogen-bond donors (Lipinski definition) is 1. The Hall–Kier alpha value is -2.85. The third-order valence-electron chi connectivity index (χ3n) is 3.57. The standard InChI is InChI=1S/C16H9Cl2F3N4O3/c1-28-11-3-2-7(8-4-22-15(16(19,20)21)24-12(8)11)14(26)23-13-9(17)5-25(27)6-10(13)18/h2-6,27H,1H3. The molecule has 28 heavy (non-hydrogen) atoms. The zero-order valence-corrected chi connectivity index (χ0v) is 15.3. The lowest BCUT2D eigenvalue weighted by atomic mass is 10.1. The molecule has 0 aliphatic rings. The van der Waals surface area contributed by atoms with Gasteiger partial charge in [-0.1, -0.05) is 23.2 Å². The number of ether oxygens (including phenoxy) is 1. The quantitative estimate of drug-likeness (QED) is 0.622. The number of fused-ring (bicyclic) bond motifs is 1. The van der Waals surface area contributed by atoms with Crippen molar-refractivity contribution in [2.24, 2.45) is 4.99 Å². The van der Waals surface area contributed by atoms with Crippen LogP contribution in [0.15, 0.2) is 35.7 Å². The van der Waals surface area contributed by atoms with Gasteiger partial charge in [-0.3, -0.25) is 4.79 Å². The number of alkyl halides is 3. The van der Waals surface area contributed by atoms with Crippen molar-refractivity contribution in [2.45, 2.75) is 6.18 Å². The summed E-state index contributed by atoms with van der Waals surface area (Å²) in [5.41, 5.74) is -0.290. The Bertz CT molecular complexity index is 1140. The fraction of sp³-hybridized carbons (Fsp3) is 0.125. The number of methoxy groups -OCH3 is 1. The Kier molecular flexibility index (Phi) is 5.18. The molecule has 0 bridgehead atoms. The van der Waals surface area contributed by atoms with E-state index in [1.807, 2.05) is 0 Å². The second kappa shape index (κ2) is 7.28. The van der Waals surface area contributed by atoms with Crippen LogP contribution in [0.2, 0.25) is 10.0 Å². The van der Waals surface area contributed by atoms with Crippen LogP contribution in [-0.4, -0.2) is 32.9 Å². The van der Waals surface area contributed by atoms with E-state index in [0.29, 0.717) is 4.73 Å². The maximum atomic E-state index is 12.9. The highest BCUT2D eigenvalue weighted by Crippen LogP contribution is 2.31. The van der Waals surface area contributed by atoms with Gasteiger partial charge in [0.15, 0.2) is 0 Å². The molecule has 0 atom stereocenters. The minimum Gasteiger partial charge on any atom is -0.494 e. The van der Waals surface area contributed by atoms with E-state index in [0.717, 1.165) is 18.6 Å². The highest BCUT2D eigenvalue weighted by Gasteiger charge is 2.35. The fourth-order valence-corrected chi connectivity index (χ4v) is 2.89. The van der Waals surface area contributed by atoms with Gasteiger partial charge in [-0.25, -0.2) is 15.0 Å². The lowest BCUT2D eigenvalue weighted by molar-refractivity contribution is -0.144. The first kappa shape index (κ1) is 19.9. The Labute approximate surface area is 164 Å². The molecule has 146 valence electrons. The van der Waals surface area contributed by atoms with E-state index < -0.39 is 17.9 Å². The van der Waals surface area contributed by atoms with Crippen LogP contribution >= 0.6 is 23.2 Å². The van der Waals surface area contributed by atoms with E-state index in [1.54, 1.807) is 0 Å². The second-order valence-electron chi connectivity index (χ2n) is 5.37. The molecule has 2 aromatic heterocycles. The molecule has 1 amide bonds. The summed E-state index contributed by atoms with van der Waals surface area (Å²) in [5.74, 6) is -2.20. The summed E-state index contributed by atoms with van der Waals surface area (Å²) < 4.78 is 44.4. The number of hydrogen-bond acceptors (Lipinski definition) is 5. The van der Waals surface area contributed by atoms with E-state index in [-0.39, 0.29) is 37.6 Å². The number of carbonyl (C=O) groups excluding carboxylic acids is 1. The van der Waals surface area contributed by atoms with Crippen molar-refractivity contribution in [3.05, 3.63) is 57.5 Å². The smallest absolute Gasteiger partial charge is 0.451 e. The van der Waals surface area contributed by atoms with Crippen molar-refractivity contribution in [1.82, 2.24) is 14.7 Å². The van der Waals surface area contributed by atoms with Crippen molar-refractivity contribution in [3.8, 4) is 5.75 Å². The van der Waals surface area contributed by atoms with Crippen molar-refractivity contribution in [1.29, 1.82) is 0 Å². The molecule has 0 saturated heterocycles. The summed E-state index contributed by atoms with van der Waals surface area (Å²) >= 11 is 11.8. The molecule has 1 N–H and O–H groups in total. The zero-order chi connectivity index (χ0) is 20.6. The monoisotopic (exact) mass is 432 g/mol. The first-order valence-electron chi connectivity index (χ1n) is 7.38. The number of amides is 1. The molecule has 0 unspecified atom stereocenters. The Balaban J connectivity index is 2.22. The molecule has 0 radical (unpaired) electrons. The van der Waals surface area contributed by atoms with Crippen LogP contribution in [0.3, 0.4) is 0 Å². The average molecular weight is 433 g/mol. The van der Waals surface area contributed by atoms with Gasteiger partial charge in [0.25, 0.3) is 5.91 Å². The van der Waals surface area contributed by atoms with E-state index in [9.17, 15) is 23.2 Å². The van der Waals surface area contributed by atoms with Crippen LogP contribution < -0.4 is 10.1 Å². The maximum Gasteiger partial charge on any atom is 0.451 e. The predicted octanol–water partition coefficient (Wildman–Crippen LogP) is 3.74. The Morgan fingerprint density at radius 3 is 2.46 bits per heavy atom. The highest BCUT2D eigenvalue weighted by atomic mass is 35.5. The average Bonchev–Trinajstić information content (AvgIpc) is 2.62. The SMILES string of the molecule is COc1ccc(C(=O)N=c2c(Cl)cn(O)cc2Cl)c2cnc(C(F)(F)F)nc12. The molecule has 0 spiro atoms. The van der Waals surface area contributed by atoms with Gasteiger partial charge in [-0.05, 0) is 12.1 Å². The van der Waals surface area contributed by atoms with Crippen LogP contribution in [0.5, 0.6) is 5.75 Å². The summed E-state index contributed by atoms with van der Waals surface area (Å²) in [6.45, 7) is 0. The Morgan fingerprint density at radius 1 is 1.25 bits per heavy atom. The van der Waals surface area contributed by atoms with Crippen molar-refractivity contribution >= 4 is 40.0 Å². The molecule has 2 heterocycles. The largest absolute Gasteiger partial charge is 0.494 e. The summed E-state index contributed by atoms with van der Waals surface area (Å²) in [6, 6.07) is 2.59. The second-order valence-corrected chi connectivity index (χ2v) is 6.18. The molecule has 7 nitrogen and oxygen atoms in total. The molecule has 1 aromatic carbocycles. The Morgan fingerprint density at radius 2 is 1.89 bits per heavy atom. The third kappa shape index (κ3) is 3.73. The fourth-order valence-electron chi connectivity index (χ4n) is 2.36. The number of benzene rings is 1. The third-order valence-corrected chi connectivity index (χ3v) is 4.13. The number of nitrogens with zero attached hydrogens (tertiary/aromatic N) is 4. The van der Waals surface area contributed by atoms with Crippen LogP contribution in [0.4, 0.5) is 13.2 Å². The van der Waals surface area contributed by atoms with Crippen LogP contribution in [0.1, 0.15) is 16.2 Å². The molecule has 0 saturated carbocycles.